The van der Waals surface area contributed by atoms with E-state index in [0.717, 1.165) is 11.1 Å². The van der Waals surface area contributed by atoms with E-state index in [9.17, 15) is 0 Å². The quantitative estimate of drug-likeness (QED) is 0.906. The Morgan fingerprint density at radius 2 is 1.86 bits per heavy atom. The van der Waals surface area contributed by atoms with Crippen molar-refractivity contribution >= 4 is 11.6 Å². The number of aryl methyl sites for hydroxylation is 1. The van der Waals surface area contributed by atoms with E-state index in [-0.39, 0.29) is 6.04 Å². The van der Waals surface area contributed by atoms with Crippen LogP contribution in [0.1, 0.15) is 22.7 Å². The van der Waals surface area contributed by atoms with Crippen LogP contribution in [0.15, 0.2) is 36.4 Å². The Morgan fingerprint density at radius 1 is 1.10 bits per heavy atom. The van der Waals surface area contributed by atoms with Crippen molar-refractivity contribution in [3.05, 3.63) is 58.1 Å². The number of rotatable bonds is 5. The maximum absolute atomic E-state index is 6.36. The molecule has 21 heavy (non-hydrogen) atoms. The van der Waals surface area contributed by atoms with Gasteiger partial charge in [-0.25, -0.2) is 0 Å². The number of nitrogens with one attached hydrogen (secondary N) is 1. The smallest absolute Gasteiger partial charge is 0.146 e. The molecule has 2 aromatic carbocycles. The van der Waals surface area contributed by atoms with Crippen molar-refractivity contribution in [2.75, 3.05) is 21.3 Å². The highest BCUT2D eigenvalue weighted by Crippen LogP contribution is 2.40. The van der Waals surface area contributed by atoms with E-state index in [2.05, 4.69) is 30.4 Å². The number of halogens is 1. The van der Waals surface area contributed by atoms with Gasteiger partial charge in [-0.05, 0) is 31.7 Å². The molecule has 0 amide bonds. The van der Waals surface area contributed by atoms with E-state index in [1.807, 2.05) is 25.2 Å². The van der Waals surface area contributed by atoms with Gasteiger partial charge in [0, 0.05) is 5.56 Å². The highest BCUT2D eigenvalue weighted by atomic mass is 35.5. The van der Waals surface area contributed by atoms with Gasteiger partial charge in [-0.15, -0.1) is 0 Å². The largest absolute Gasteiger partial charge is 0.495 e. The molecule has 0 fully saturated rings. The summed E-state index contributed by atoms with van der Waals surface area (Å²) in [5, 5.41) is 3.81. The maximum atomic E-state index is 6.36. The maximum Gasteiger partial charge on any atom is 0.146 e. The molecule has 0 bridgehead atoms. The van der Waals surface area contributed by atoms with Crippen LogP contribution in [0.2, 0.25) is 5.02 Å². The minimum Gasteiger partial charge on any atom is -0.495 e. The molecule has 3 nitrogen and oxygen atoms in total. The highest BCUT2D eigenvalue weighted by Gasteiger charge is 2.21. The fourth-order valence-corrected chi connectivity index (χ4v) is 2.82. The van der Waals surface area contributed by atoms with E-state index in [0.29, 0.717) is 16.5 Å². The van der Waals surface area contributed by atoms with Crippen LogP contribution in [-0.4, -0.2) is 21.3 Å². The molecule has 1 unspecified atom stereocenters. The van der Waals surface area contributed by atoms with Gasteiger partial charge in [0.15, 0.2) is 0 Å². The van der Waals surface area contributed by atoms with Crippen molar-refractivity contribution in [1.29, 1.82) is 0 Å². The molecule has 1 N–H and O–H groups in total. The number of hydrogen-bond acceptors (Lipinski definition) is 3. The lowest BCUT2D eigenvalue weighted by molar-refractivity contribution is 0.388. The van der Waals surface area contributed by atoms with Gasteiger partial charge in [-0.3, -0.25) is 0 Å². The summed E-state index contributed by atoms with van der Waals surface area (Å²) in [6, 6.07) is 12.2. The van der Waals surface area contributed by atoms with Crippen LogP contribution in [0.3, 0.4) is 0 Å². The first-order valence-corrected chi connectivity index (χ1v) is 7.14. The van der Waals surface area contributed by atoms with Gasteiger partial charge >= 0.3 is 0 Å². The van der Waals surface area contributed by atoms with Gasteiger partial charge in [0.2, 0.25) is 0 Å². The second-order valence-corrected chi connectivity index (χ2v) is 5.22. The molecule has 0 aliphatic carbocycles. The van der Waals surface area contributed by atoms with Crippen LogP contribution in [0.4, 0.5) is 0 Å². The fraction of sp³-hybridized carbons (Fsp3) is 0.294. The molecule has 0 heterocycles. The fourth-order valence-electron chi connectivity index (χ4n) is 2.50. The first kappa shape index (κ1) is 15.7. The van der Waals surface area contributed by atoms with Gasteiger partial charge in [0.05, 0.1) is 20.3 Å². The van der Waals surface area contributed by atoms with Crippen LogP contribution < -0.4 is 14.8 Å². The molecule has 0 aromatic heterocycles. The Bertz CT molecular complexity index is 628. The molecule has 112 valence electrons. The van der Waals surface area contributed by atoms with E-state index in [1.165, 1.54) is 5.56 Å². The number of benzene rings is 2. The zero-order valence-corrected chi connectivity index (χ0v) is 13.5. The van der Waals surface area contributed by atoms with Crippen LogP contribution >= 0.6 is 11.6 Å². The molecular weight excluding hydrogens is 286 g/mol. The average molecular weight is 306 g/mol. The van der Waals surface area contributed by atoms with Crippen LogP contribution in [0, 0.1) is 6.92 Å². The third kappa shape index (κ3) is 3.14. The number of methoxy groups -OCH3 is 2. The van der Waals surface area contributed by atoms with Gasteiger partial charge in [0.1, 0.15) is 16.5 Å². The molecule has 1 atom stereocenters. The summed E-state index contributed by atoms with van der Waals surface area (Å²) in [4.78, 5) is 0. The van der Waals surface area contributed by atoms with Gasteiger partial charge in [-0.2, -0.15) is 0 Å². The molecule has 0 saturated heterocycles. The first-order chi connectivity index (χ1) is 10.1. The van der Waals surface area contributed by atoms with Gasteiger partial charge in [-0.1, -0.05) is 41.4 Å². The molecule has 2 rings (SSSR count). The van der Waals surface area contributed by atoms with E-state index < -0.39 is 0 Å². The van der Waals surface area contributed by atoms with Crippen LogP contribution in [0.25, 0.3) is 0 Å². The Morgan fingerprint density at radius 3 is 2.43 bits per heavy atom. The first-order valence-electron chi connectivity index (χ1n) is 6.76. The van der Waals surface area contributed by atoms with E-state index in [4.69, 9.17) is 21.1 Å². The summed E-state index contributed by atoms with van der Waals surface area (Å²) in [7, 11) is 5.13. The predicted octanol–water partition coefficient (Wildman–Crippen LogP) is 3.97. The van der Waals surface area contributed by atoms with Gasteiger partial charge < -0.3 is 14.8 Å². The van der Waals surface area contributed by atoms with Crippen molar-refractivity contribution in [2.45, 2.75) is 13.0 Å². The summed E-state index contributed by atoms with van der Waals surface area (Å²) in [6.07, 6.45) is 0. The molecule has 0 aliphatic heterocycles. The zero-order valence-electron chi connectivity index (χ0n) is 12.7. The number of ether oxygens (including phenoxy) is 2. The lowest BCUT2D eigenvalue weighted by Gasteiger charge is -2.22. The third-order valence-electron chi connectivity index (χ3n) is 3.49. The van der Waals surface area contributed by atoms with E-state index in [1.54, 1.807) is 14.2 Å². The summed E-state index contributed by atoms with van der Waals surface area (Å²) < 4.78 is 10.7. The number of hydrogen-bond donors (Lipinski definition) is 1. The summed E-state index contributed by atoms with van der Waals surface area (Å²) in [6.45, 7) is 2.08. The molecule has 4 heteroatoms. The molecule has 2 aromatic rings. The van der Waals surface area contributed by atoms with Crippen molar-refractivity contribution in [1.82, 2.24) is 5.32 Å². The SMILES string of the molecule is CNC(c1cccc(C)c1)c1ccc(OC)c(Cl)c1OC. The monoisotopic (exact) mass is 305 g/mol. The highest BCUT2D eigenvalue weighted by molar-refractivity contribution is 6.33. The minimum atomic E-state index is 0.00301. The second kappa shape index (κ2) is 6.83. The molecule has 0 spiro atoms. The van der Waals surface area contributed by atoms with Crippen molar-refractivity contribution in [3.63, 3.8) is 0 Å². The zero-order chi connectivity index (χ0) is 15.4. The normalized spacial score (nSPS) is 12.0. The minimum absolute atomic E-state index is 0.00301. The summed E-state index contributed by atoms with van der Waals surface area (Å²) in [5.41, 5.74) is 3.36. The van der Waals surface area contributed by atoms with Gasteiger partial charge in [0.25, 0.3) is 0 Å². The van der Waals surface area contributed by atoms with Crippen molar-refractivity contribution in [2.24, 2.45) is 0 Å². The molecule has 0 radical (unpaired) electrons. The van der Waals surface area contributed by atoms with Crippen LogP contribution in [0.5, 0.6) is 11.5 Å². The summed E-state index contributed by atoms with van der Waals surface area (Å²) in [5.74, 6) is 1.24. The van der Waals surface area contributed by atoms with Crippen molar-refractivity contribution in [3.8, 4) is 11.5 Å². The summed E-state index contributed by atoms with van der Waals surface area (Å²) >= 11 is 6.36. The molecule has 0 aliphatic rings. The van der Waals surface area contributed by atoms with Crippen LogP contribution in [-0.2, 0) is 0 Å². The molecule has 0 saturated carbocycles. The average Bonchev–Trinajstić information content (AvgIpc) is 2.48. The Balaban J connectivity index is 2.55. The lowest BCUT2D eigenvalue weighted by atomic mass is 9.96. The lowest BCUT2D eigenvalue weighted by Crippen LogP contribution is -2.18. The Kier molecular flexibility index (Phi) is 5.10. The van der Waals surface area contributed by atoms with E-state index >= 15 is 0 Å². The standard InChI is InChI=1S/C17H20ClNO2/c1-11-6-5-7-12(10-11)16(19-2)13-8-9-14(20-3)15(18)17(13)21-4/h5-10,16,19H,1-4H3. The Hall–Kier alpha value is -1.71. The topological polar surface area (TPSA) is 30.5 Å². The second-order valence-electron chi connectivity index (χ2n) is 4.84. The van der Waals surface area contributed by atoms with Crippen molar-refractivity contribution < 1.29 is 9.47 Å². The Labute approximate surface area is 130 Å². The molecular formula is C17H20ClNO2. The third-order valence-corrected chi connectivity index (χ3v) is 3.85. The predicted molar refractivity (Wildman–Crippen MR) is 86.6 cm³/mol.